The normalized spacial score (nSPS) is 13.5. The zero-order valence-corrected chi connectivity index (χ0v) is 16.3. The second-order valence-corrected chi connectivity index (χ2v) is 6.27. The van der Waals surface area contributed by atoms with Crippen LogP contribution in [0.1, 0.15) is 66.5 Å². The summed E-state index contributed by atoms with van der Waals surface area (Å²) in [6.07, 6.45) is 0. The minimum absolute atomic E-state index is 0.160. The largest absolute Gasteiger partial charge is 0.0683 e. The lowest BCUT2D eigenvalue weighted by atomic mass is 9.63. The Hall–Kier alpha value is -1.56. The summed E-state index contributed by atoms with van der Waals surface area (Å²) in [6, 6.07) is 17.9. The molecule has 0 bridgehead atoms. The zero-order valence-electron chi connectivity index (χ0n) is 16.3. The van der Waals surface area contributed by atoms with Crippen molar-refractivity contribution in [1.82, 2.24) is 0 Å². The molecular weight excluding hydrogens is 276 g/mol. The van der Waals surface area contributed by atoms with Crippen molar-refractivity contribution in [2.75, 3.05) is 0 Å². The molecule has 2 aromatic rings. The van der Waals surface area contributed by atoms with E-state index < -0.39 is 0 Å². The highest BCUT2D eigenvalue weighted by Gasteiger charge is 2.47. The molecular formula is C23H34. The van der Waals surface area contributed by atoms with Crippen LogP contribution in [-0.4, -0.2) is 0 Å². The fourth-order valence-electron chi connectivity index (χ4n) is 4.21. The molecule has 0 atom stereocenters. The summed E-state index contributed by atoms with van der Waals surface area (Å²) in [5, 5.41) is 0. The van der Waals surface area contributed by atoms with Gasteiger partial charge < -0.3 is 0 Å². The Morgan fingerprint density at radius 1 is 0.565 bits per heavy atom. The van der Waals surface area contributed by atoms with Crippen molar-refractivity contribution in [3.05, 3.63) is 59.7 Å². The monoisotopic (exact) mass is 310 g/mol. The van der Waals surface area contributed by atoms with Gasteiger partial charge in [0.15, 0.2) is 0 Å². The molecule has 0 N–H and O–H groups in total. The van der Waals surface area contributed by atoms with Gasteiger partial charge in [-0.25, -0.2) is 0 Å². The highest BCUT2D eigenvalue weighted by Crippen LogP contribution is 2.56. The molecule has 0 radical (unpaired) electrons. The quantitative estimate of drug-likeness (QED) is 0.545. The number of fused-ring (bicyclic) bond motifs is 3. The standard InChI is InChI=1S/C19H22.2C2H6/c1-13(2)19(14(3)4)17-11-7-5-9-15(17)16-10-6-8-12-18(16)19;2*1-2/h5-14H,1-4H3;2*1-2H3. The first-order valence-corrected chi connectivity index (χ1v) is 9.29. The van der Waals surface area contributed by atoms with Gasteiger partial charge in [0, 0.05) is 5.41 Å². The summed E-state index contributed by atoms with van der Waals surface area (Å²) >= 11 is 0. The van der Waals surface area contributed by atoms with Crippen molar-refractivity contribution in [3.8, 4) is 11.1 Å². The van der Waals surface area contributed by atoms with Gasteiger partial charge in [-0.05, 0) is 34.1 Å². The third-order valence-electron chi connectivity index (χ3n) is 4.86. The van der Waals surface area contributed by atoms with Gasteiger partial charge in [-0.3, -0.25) is 0 Å². The highest BCUT2D eigenvalue weighted by atomic mass is 14.5. The van der Waals surface area contributed by atoms with Crippen molar-refractivity contribution in [1.29, 1.82) is 0 Å². The van der Waals surface area contributed by atoms with E-state index in [1.165, 1.54) is 22.3 Å². The van der Waals surface area contributed by atoms with Gasteiger partial charge in [0.05, 0.1) is 0 Å². The number of hydrogen-bond acceptors (Lipinski definition) is 0. The molecule has 0 spiro atoms. The molecule has 0 amide bonds. The van der Waals surface area contributed by atoms with Crippen molar-refractivity contribution >= 4 is 0 Å². The molecule has 0 unspecified atom stereocenters. The predicted molar refractivity (Wildman–Crippen MR) is 105 cm³/mol. The molecule has 0 aromatic heterocycles. The molecule has 2 aromatic carbocycles. The van der Waals surface area contributed by atoms with Crippen molar-refractivity contribution in [3.63, 3.8) is 0 Å². The maximum Gasteiger partial charge on any atom is 0.0261 e. The molecule has 0 fully saturated rings. The van der Waals surface area contributed by atoms with E-state index in [4.69, 9.17) is 0 Å². The molecule has 1 aliphatic carbocycles. The Bertz CT molecular complexity index is 549. The molecule has 126 valence electrons. The van der Waals surface area contributed by atoms with Crippen LogP contribution in [0.4, 0.5) is 0 Å². The number of hydrogen-bond donors (Lipinski definition) is 0. The number of benzene rings is 2. The molecule has 0 saturated heterocycles. The van der Waals surface area contributed by atoms with E-state index in [0.717, 1.165) is 0 Å². The van der Waals surface area contributed by atoms with E-state index >= 15 is 0 Å². The van der Waals surface area contributed by atoms with Crippen LogP contribution < -0.4 is 0 Å². The van der Waals surface area contributed by atoms with Gasteiger partial charge in [0.2, 0.25) is 0 Å². The van der Waals surface area contributed by atoms with Crippen LogP contribution in [0.2, 0.25) is 0 Å². The molecule has 0 saturated carbocycles. The average molecular weight is 311 g/mol. The first-order chi connectivity index (χ1) is 11.1. The molecule has 23 heavy (non-hydrogen) atoms. The van der Waals surface area contributed by atoms with Crippen molar-refractivity contribution in [2.24, 2.45) is 11.8 Å². The van der Waals surface area contributed by atoms with Gasteiger partial charge in [-0.1, -0.05) is 104 Å². The third-order valence-corrected chi connectivity index (χ3v) is 4.86. The SMILES string of the molecule is CC.CC.CC(C)C1(C(C)C)c2ccccc2-c2ccccc21. The molecule has 0 nitrogen and oxygen atoms in total. The summed E-state index contributed by atoms with van der Waals surface area (Å²) < 4.78 is 0. The second kappa shape index (κ2) is 8.34. The minimum Gasteiger partial charge on any atom is -0.0683 e. The van der Waals surface area contributed by atoms with Gasteiger partial charge in [0.1, 0.15) is 0 Å². The van der Waals surface area contributed by atoms with Gasteiger partial charge in [-0.15, -0.1) is 0 Å². The molecule has 0 heteroatoms. The van der Waals surface area contributed by atoms with E-state index in [1.807, 2.05) is 27.7 Å². The zero-order chi connectivity index (χ0) is 17.6. The fraction of sp³-hybridized carbons (Fsp3) is 0.478. The minimum atomic E-state index is 0.160. The van der Waals surface area contributed by atoms with Crippen LogP contribution in [0, 0.1) is 11.8 Å². The highest BCUT2D eigenvalue weighted by molar-refractivity contribution is 5.81. The van der Waals surface area contributed by atoms with Gasteiger partial charge in [0.25, 0.3) is 0 Å². The van der Waals surface area contributed by atoms with Crippen LogP contribution in [0.3, 0.4) is 0 Å². The lowest BCUT2D eigenvalue weighted by molar-refractivity contribution is 0.280. The van der Waals surface area contributed by atoms with Crippen LogP contribution in [-0.2, 0) is 5.41 Å². The van der Waals surface area contributed by atoms with Crippen molar-refractivity contribution in [2.45, 2.75) is 60.8 Å². The van der Waals surface area contributed by atoms with E-state index in [0.29, 0.717) is 11.8 Å². The van der Waals surface area contributed by atoms with Crippen LogP contribution in [0.25, 0.3) is 11.1 Å². The van der Waals surface area contributed by atoms with Crippen molar-refractivity contribution < 1.29 is 0 Å². The maximum atomic E-state index is 2.36. The lowest BCUT2D eigenvalue weighted by Crippen LogP contribution is -2.37. The maximum absolute atomic E-state index is 2.36. The smallest absolute Gasteiger partial charge is 0.0261 e. The topological polar surface area (TPSA) is 0 Å². The summed E-state index contributed by atoms with van der Waals surface area (Å²) in [4.78, 5) is 0. The summed E-state index contributed by atoms with van der Waals surface area (Å²) in [6.45, 7) is 17.4. The Balaban J connectivity index is 0.000000615. The van der Waals surface area contributed by atoms with E-state index in [1.54, 1.807) is 0 Å². The Morgan fingerprint density at radius 3 is 1.17 bits per heavy atom. The van der Waals surface area contributed by atoms with Crippen LogP contribution >= 0.6 is 0 Å². The summed E-state index contributed by atoms with van der Waals surface area (Å²) in [5.74, 6) is 1.19. The van der Waals surface area contributed by atoms with Crippen LogP contribution in [0.15, 0.2) is 48.5 Å². The molecule has 0 heterocycles. The summed E-state index contributed by atoms with van der Waals surface area (Å²) in [7, 11) is 0. The summed E-state index contributed by atoms with van der Waals surface area (Å²) in [5.41, 5.74) is 6.05. The van der Waals surface area contributed by atoms with E-state index in [-0.39, 0.29) is 5.41 Å². The fourth-order valence-corrected chi connectivity index (χ4v) is 4.21. The second-order valence-electron chi connectivity index (χ2n) is 6.27. The molecule has 1 aliphatic rings. The first-order valence-electron chi connectivity index (χ1n) is 9.29. The average Bonchev–Trinajstić information content (AvgIpc) is 2.90. The molecule has 3 rings (SSSR count). The van der Waals surface area contributed by atoms with E-state index in [9.17, 15) is 0 Å². The third kappa shape index (κ3) is 2.96. The van der Waals surface area contributed by atoms with Crippen LogP contribution in [0.5, 0.6) is 0 Å². The van der Waals surface area contributed by atoms with Gasteiger partial charge >= 0.3 is 0 Å². The van der Waals surface area contributed by atoms with Gasteiger partial charge in [-0.2, -0.15) is 0 Å². The lowest BCUT2D eigenvalue weighted by Gasteiger charge is -2.40. The Labute approximate surface area is 144 Å². The Kier molecular flexibility index (Phi) is 7.06. The number of rotatable bonds is 2. The molecule has 0 aliphatic heterocycles. The predicted octanol–water partition coefficient (Wildman–Crippen LogP) is 7.32. The van der Waals surface area contributed by atoms with E-state index in [2.05, 4.69) is 76.2 Å². The Morgan fingerprint density at radius 2 is 0.870 bits per heavy atom. The first kappa shape index (κ1) is 19.5.